The highest BCUT2D eigenvalue weighted by Gasteiger charge is 2.10. The Labute approximate surface area is 52.1 Å². The molecule has 0 saturated carbocycles. The number of nitrogens with zero attached hydrogens (tertiary/aromatic N) is 2. The van der Waals surface area contributed by atoms with Gasteiger partial charge >= 0.3 is 0 Å². The second kappa shape index (κ2) is 2.97. The molecule has 0 spiro atoms. The maximum Gasteiger partial charge on any atom is 0.200 e. The van der Waals surface area contributed by atoms with Crippen molar-refractivity contribution in [2.24, 2.45) is 9.89 Å². The van der Waals surface area contributed by atoms with Gasteiger partial charge in [0.15, 0.2) is 8.24 Å². The highest BCUT2D eigenvalue weighted by Crippen LogP contribution is 2.01. The van der Waals surface area contributed by atoms with Crippen LogP contribution < -0.4 is 0 Å². The summed E-state index contributed by atoms with van der Waals surface area (Å²) in [6, 6.07) is 0. The van der Waals surface area contributed by atoms with Gasteiger partial charge in [0.05, 0.1) is 6.54 Å². The van der Waals surface area contributed by atoms with E-state index in [1.807, 2.05) is 6.92 Å². The standard InChI is InChI=1S/C5H14N2Si/c1-5-6-7-8(2,3)4/h5H2,1-4H3. The van der Waals surface area contributed by atoms with Crippen molar-refractivity contribution in [3.63, 3.8) is 0 Å². The number of hydrogen-bond donors (Lipinski definition) is 0. The molecular weight excluding hydrogens is 116 g/mol. The Bertz CT molecular complexity index is 82.9. The number of rotatable bonds is 2. The van der Waals surface area contributed by atoms with E-state index in [9.17, 15) is 0 Å². The van der Waals surface area contributed by atoms with Crippen LogP contribution in [0.2, 0.25) is 19.6 Å². The SMILES string of the molecule is CCN=N[Si](C)(C)C. The molecule has 0 heterocycles. The molecule has 0 amide bonds. The molecule has 0 radical (unpaired) electrons. The molecule has 0 rings (SSSR count). The molecule has 0 fully saturated rings. The summed E-state index contributed by atoms with van der Waals surface area (Å²) in [4.78, 5) is 0. The van der Waals surface area contributed by atoms with Crippen molar-refractivity contribution in [1.82, 2.24) is 0 Å². The molecule has 0 N–H and O–H groups in total. The zero-order chi connectivity index (χ0) is 6.62. The Hall–Kier alpha value is -0.183. The first-order chi connectivity index (χ1) is 3.56. The quantitative estimate of drug-likeness (QED) is 0.405. The lowest BCUT2D eigenvalue weighted by atomic mass is 10.8. The summed E-state index contributed by atoms with van der Waals surface area (Å²) in [6.07, 6.45) is 0. The summed E-state index contributed by atoms with van der Waals surface area (Å²) in [5, 5.41) is 3.93. The fraction of sp³-hybridized carbons (Fsp3) is 1.00. The van der Waals surface area contributed by atoms with E-state index in [0.717, 1.165) is 6.54 Å². The first kappa shape index (κ1) is 7.82. The van der Waals surface area contributed by atoms with Gasteiger partial charge in [0.25, 0.3) is 0 Å². The van der Waals surface area contributed by atoms with Gasteiger partial charge in [-0.25, -0.2) is 9.89 Å². The first-order valence-electron chi connectivity index (χ1n) is 2.95. The average Bonchev–Trinajstić information content (AvgIpc) is 1.59. The minimum atomic E-state index is -1.22. The van der Waals surface area contributed by atoms with E-state index < -0.39 is 8.24 Å². The fourth-order valence-corrected chi connectivity index (χ4v) is 0.849. The van der Waals surface area contributed by atoms with Crippen molar-refractivity contribution in [3.05, 3.63) is 0 Å². The van der Waals surface area contributed by atoms with Crippen molar-refractivity contribution < 1.29 is 0 Å². The van der Waals surface area contributed by atoms with E-state index in [1.165, 1.54) is 0 Å². The van der Waals surface area contributed by atoms with Crippen LogP contribution in [0, 0.1) is 0 Å². The van der Waals surface area contributed by atoms with E-state index in [0.29, 0.717) is 0 Å². The van der Waals surface area contributed by atoms with Crippen LogP contribution >= 0.6 is 0 Å². The van der Waals surface area contributed by atoms with Gasteiger partial charge in [-0.3, -0.25) is 0 Å². The summed E-state index contributed by atoms with van der Waals surface area (Å²) < 4.78 is 4.14. The molecule has 2 nitrogen and oxygen atoms in total. The van der Waals surface area contributed by atoms with E-state index in [4.69, 9.17) is 0 Å². The van der Waals surface area contributed by atoms with Crippen LogP contribution in [0.15, 0.2) is 9.89 Å². The predicted octanol–water partition coefficient (Wildman–Crippen LogP) is 2.29. The van der Waals surface area contributed by atoms with E-state index in [-0.39, 0.29) is 0 Å². The molecule has 0 atom stereocenters. The molecule has 0 aromatic heterocycles. The Kier molecular flexibility index (Phi) is 2.90. The largest absolute Gasteiger partial charge is 0.239 e. The van der Waals surface area contributed by atoms with Crippen LogP contribution in [0.1, 0.15) is 6.92 Å². The third-order valence-electron chi connectivity index (χ3n) is 0.512. The van der Waals surface area contributed by atoms with Crippen LogP contribution in [0.25, 0.3) is 0 Å². The Morgan fingerprint density at radius 2 is 1.75 bits per heavy atom. The van der Waals surface area contributed by atoms with Crippen molar-refractivity contribution in [3.8, 4) is 0 Å². The lowest BCUT2D eigenvalue weighted by molar-refractivity contribution is 1.02. The van der Waals surface area contributed by atoms with Crippen molar-refractivity contribution >= 4 is 8.24 Å². The normalized spacial score (nSPS) is 13.0. The van der Waals surface area contributed by atoms with E-state index in [1.54, 1.807) is 0 Å². The molecule has 0 aromatic rings. The molecular formula is C5H14N2Si. The topological polar surface area (TPSA) is 24.7 Å². The van der Waals surface area contributed by atoms with E-state index >= 15 is 0 Å². The molecule has 0 aromatic carbocycles. The Morgan fingerprint density at radius 1 is 1.25 bits per heavy atom. The lowest BCUT2D eigenvalue weighted by Gasteiger charge is -2.03. The van der Waals surface area contributed by atoms with Gasteiger partial charge in [-0.15, -0.1) is 0 Å². The van der Waals surface area contributed by atoms with Crippen LogP contribution in [-0.2, 0) is 0 Å². The predicted molar refractivity (Wildman–Crippen MR) is 38.7 cm³/mol. The second-order valence-corrected chi connectivity index (χ2v) is 7.27. The summed E-state index contributed by atoms with van der Waals surface area (Å²) in [5.41, 5.74) is 0. The monoisotopic (exact) mass is 130 g/mol. The zero-order valence-corrected chi connectivity index (χ0v) is 7.10. The molecule has 0 bridgehead atoms. The molecule has 0 saturated heterocycles. The maximum absolute atomic E-state index is 4.14. The van der Waals surface area contributed by atoms with Gasteiger partial charge in [0.2, 0.25) is 0 Å². The minimum Gasteiger partial charge on any atom is -0.239 e. The van der Waals surface area contributed by atoms with E-state index in [2.05, 4.69) is 29.5 Å². The molecule has 48 valence electrons. The van der Waals surface area contributed by atoms with Gasteiger partial charge in [-0.05, 0) is 26.6 Å². The summed E-state index contributed by atoms with van der Waals surface area (Å²) in [5.74, 6) is 0. The smallest absolute Gasteiger partial charge is 0.200 e. The van der Waals surface area contributed by atoms with Gasteiger partial charge < -0.3 is 0 Å². The van der Waals surface area contributed by atoms with Gasteiger partial charge in [0, 0.05) is 0 Å². The molecule has 3 heteroatoms. The summed E-state index contributed by atoms with van der Waals surface area (Å²) in [7, 11) is -1.22. The van der Waals surface area contributed by atoms with Crippen molar-refractivity contribution in [1.29, 1.82) is 0 Å². The highest BCUT2D eigenvalue weighted by molar-refractivity contribution is 6.74. The van der Waals surface area contributed by atoms with Gasteiger partial charge in [-0.2, -0.15) is 0 Å². The first-order valence-corrected chi connectivity index (χ1v) is 6.39. The molecule has 0 aliphatic rings. The second-order valence-electron chi connectivity index (χ2n) is 2.73. The molecule has 8 heavy (non-hydrogen) atoms. The maximum atomic E-state index is 4.14. The number of hydrogen-bond acceptors (Lipinski definition) is 2. The van der Waals surface area contributed by atoms with Crippen molar-refractivity contribution in [2.45, 2.75) is 26.6 Å². The molecule has 0 unspecified atom stereocenters. The lowest BCUT2D eigenvalue weighted by Crippen LogP contribution is -2.14. The van der Waals surface area contributed by atoms with Gasteiger partial charge in [0.1, 0.15) is 0 Å². The van der Waals surface area contributed by atoms with Crippen LogP contribution in [-0.4, -0.2) is 14.8 Å². The Balaban J connectivity index is 3.52. The van der Waals surface area contributed by atoms with Crippen LogP contribution in [0.5, 0.6) is 0 Å². The van der Waals surface area contributed by atoms with Crippen LogP contribution in [0.4, 0.5) is 0 Å². The summed E-state index contributed by atoms with van der Waals surface area (Å²) in [6.45, 7) is 9.35. The average molecular weight is 130 g/mol. The fourth-order valence-electron chi connectivity index (χ4n) is 0.283. The highest BCUT2D eigenvalue weighted by atomic mass is 28.3. The summed E-state index contributed by atoms with van der Waals surface area (Å²) >= 11 is 0. The Morgan fingerprint density at radius 3 is 1.88 bits per heavy atom. The third kappa shape index (κ3) is 5.82. The zero-order valence-electron chi connectivity index (χ0n) is 6.10. The third-order valence-corrected chi connectivity index (χ3v) is 1.25. The molecule has 0 aliphatic heterocycles. The van der Waals surface area contributed by atoms with Gasteiger partial charge in [-0.1, -0.05) is 0 Å². The minimum absolute atomic E-state index is 0.824. The van der Waals surface area contributed by atoms with Crippen LogP contribution in [0.3, 0.4) is 0 Å². The molecule has 0 aliphatic carbocycles. The van der Waals surface area contributed by atoms with Crippen molar-refractivity contribution in [2.75, 3.05) is 6.54 Å².